The van der Waals surface area contributed by atoms with Gasteiger partial charge in [-0.05, 0) is 60.6 Å². The van der Waals surface area contributed by atoms with Crippen LogP contribution in [0.25, 0.3) is 5.57 Å². The Morgan fingerprint density at radius 2 is 2.06 bits per heavy atom. The smallest absolute Gasteiger partial charge is 0.154 e. The average Bonchev–Trinajstić information content (AvgIpc) is 3.28. The van der Waals surface area contributed by atoms with E-state index in [2.05, 4.69) is 15.8 Å². The van der Waals surface area contributed by atoms with Gasteiger partial charge < -0.3 is 0 Å². The number of benzene rings is 2. The summed E-state index contributed by atoms with van der Waals surface area (Å²) >= 11 is 9.23. The first kappa shape index (κ1) is 22.5. The topological polar surface area (TPSA) is 42.0 Å². The normalized spacial score (nSPS) is 17.3. The second-order valence-electron chi connectivity index (χ2n) is 7.06. The van der Waals surface area contributed by atoms with Crippen LogP contribution in [0, 0.1) is 17.6 Å². The van der Waals surface area contributed by atoms with Crippen molar-refractivity contribution >= 4 is 57.1 Å². The third kappa shape index (κ3) is 5.55. The van der Waals surface area contributed by atoms with Crippen LogP contribution in [-0.2, 0) is 11.0 Å². The minimum absolute atomic E-state index is 0.00749. The Bertz CT molecular complexity index is 1100. The summed E-state index contributed by atoms with van der Waals surface area (Å²) in [5.74, 6) is 0.584. The lowest BCUT2D eigenvalue weighted by Gasteiger charge is -2.24. The molecule has 0 fully saturated rings. The molecule has 2 atom stereocenters. The number of aromatic nitrogens is 1. The molecule has 0 saturated carbocycles. The van der Waals surface area contributed by atoms with Gasteiger partial charge in [0, 0.05) is 16.0 Å². The molecule has 0 saturated heterocycles. The quantitative estimate of drug-likeness (QED) is 0.352. The number of anilines is 1. The Labute approximate surface area is 195 Å². The Morgan fingerprint density at radius 1 is 1.26 bits per heavy atom. The molecule has 2 unspecified atom stereocenters. The number of nitrogens with zero attached hydrogens (tertiary/aromatic N) is 1. The molecule has 2 aromatic carbocycles. The summed E-state index contributed by atoms with van der Waals surface area (Å²) in [7, 11) is -1.80. The lowest BCUT2D eigenvalue weighted by molar-refractivity contribution is 0.591. The number of thioether (sulfide) groups is 1. The first-order valence-electron chi connectivity index (χ1n) is 9.65. The third-order valence-electron chi connectivity index (χ3n) is 4.99. The van der Waals surface area contributed by atoms with Gasteiger partial charge in [0.2, 0.25) is 0 Å². The van der Waals surface area contributed by atoms with Crippen molar-refractivity contribution in [3.63, 3.8) is 0 Å². The van der Waals surface area contributed by atoms with Crippen molar-refractivity contribution in [2.75, 3.05) is 10.5 Å². The number of rotatable bonds is 7. The standard InChI is InChI=1S/C22H19ClF2N2OS3/c23-18-9-21(31(28)27-22-12-29-13-26-22)19(25)10-20(18)30-11-15-3-1-2-4-17(15)14-5-7-16(24)8-6-14/h4-10,12-13,15,27H,1-3,11H2. The van der Waals surface area contributed by atoms with E-state index in [4.69, 9.17) is 11.6 Å². The molecule has 9 heteroatoms. The fourth-order valence-corrected chi connectivity index (χ4v) is 6.41. The zero-order valence-electron chi connectivity index (χ0n) is 16.3. The van der Waals surface area contributed by atoms with Crippen molar-refractivity contribution in [2.45, 2.75) is 29.1 Å². The molecule has 0 spiro atoms. The highest BCUT2D eigenvalue weighted by molar-refractivity contribution is 7.99. The lowest BCUT2D eigenvalue weighted by Crippen LogP contribution is -2.11. The van der Waals surface area contributed by atoms with Crippen molar-refractivity contribution in [3.05, 3.63) is 75.6 Å². The molecule has 3 aromatic rings. The summed E-state index contributed by atoms with van der Waals surface area (Å²) in [5.41, 5.74) is 3.81. The van der Waals surface area contributed by atoms with Gasteiger partial charge in [-0.1, -0.05) is 29.8 Å². The van der Waals surface area contributed by atoms with Crippen LogP contribution in [0.2, 0.25) is 5.02 Å². The van der Waals surface area contributed by atoms with Gasteiger partial charge in [-0.2, -0.15) is 0 Å². The molecule has 0 radical (unpaired) electrons. The van der Waals surface area contributed by atoms with Gasteiger partial charge in [0.05, 0.1) is 15.4 Å². The summed E-state index contributed by atoms with van der Waals surface area (Å²) in [5, 5.41) is 2.05. The molecule has 0 aliphatic heterocycles. The van der Waals surface area contributed by atoms with E-state index in [1.165, 1.54) is 52.9 Å². The Hall–Kier alpha value is -1.74. The molecule has 1 aromatic heterocycles. The summed E-state index contributed by atoms with van der Waals surface area (Å²) in [4.78, 5) is 4.60. The summed E-state index contributed by atoms with van der Waals surface area (Å²) in [6.07, 6.45) is 5.30. The van der Waals surface area contributed by atoms with E-state index in [1.807, 2.05) is 0 Å². The van der Waals surface area contributed by atoms with Crippen LogP contribution in [-0.4, -0.2) is 14.9 Å². The zero-order chi connectivity index (χ0) is 21.8. The third-order valence-corrected chi connectivity index (χ3v) is 8.33. The van der Waals surface area contributed by atoms with Crippen molar-refractivity contribution in [2.24, 2.45) is 5.92 Å². The largest absolute Gasteiger partial charge is 0.285 e. The van der Waals surface area contributed by atoms with Crippen molar-refractivity contribution < 1.29 is 13.0 Å². The Balaban J connectivity index is 1.47. The van der Waals surface area contributed by atoms with Gasteiger partial charge in [-0.15, -0.1) is 23.1 Å². The molecule has 0 bridgehead atoms. The number of nitrogens with one attached hydrogen (secondary N) is 1. The number of hydrogen-bond donors (Lipinski definition) is 1. The number of thiazole rings is 1. The molecule has 31 heavy (non-hydrogen) atoms. The maximum atomic E-state index is 14.7. The predicted molar refractivity (Wildman–Crippen MR) is 126 cm³/mol. The van der Waals surface area contributed by atoms with Gasteiger partial charge in [0.1, 0.15) is 17.5 Å². The van der Waals surface area contributed by atoms with E-state index in [0.29, 0.717) is 15.7 Å². The van der Waals surface area contributed by atoms with E-state index in [1.54, 1.807) is 23.0 Å². The van der Waals surface area contributed by atoms with E-state index in [0.717, 1.165) is 30.6 Å². The first-order chi connectivity index (χ1) is 15.0. The number of allylic oxidation sites excluding steroid dienone is 2. The van der Waals surface area contributed by atoms with Gasteiger partial charge >= 0.3 is 0 Å². The van der Waals surface area contributed by atoms with Gasteiger partial charge in [0.15, 0.2) is 11.0 Å². The molecule has 3 nitrogen and oxygen atoms in total. The Morgan fingerprint density at radius 3 is 2.81 bits per heavy atom. The van der Waals surface area contributed by atoms with Crippen molar-refractivity contribution in [3.8, 4) is 0 Å². The molecule has 1 N–H and O–H groups in total. The number of halogens is 3. The highest BCUT2D eigenvalue weighted by Crippen LogP contribution is 2.39. The monoisotopic (exact) mass is 496 g/mol. The van der Waals surface area contributed by atoms with Crippen LogP contribution < -0.4 is 4.72 Å². The SMILES string of the molecule is O=S(Nc1cscn1)c1cc(Cl)c(SCC2CCCC=C2c2ccc(F)cc2)cc1F. The molecule has 1 heterocycles. The fourth-order valence-electron chi connectivity index (χ4n) is 3.48. The summed E-state index contributed by atoms with van der Waals surface area (Å²) in [6, 6.07) is 9.30. The maximum absolute atomic E-state index is 14.7. The lowest BCUT2D eigenvalue weighted by atomic mass is 9.85. The predicted octanol–water partition coefficient (Wildman–Crippen LogP) is 7.19. The van der Waals surface area contributed by atoms with E-state index >= 15 is 0 Å². The molecule has 1 aliphatic carbocycles. The molecule has 162 valence electrons. The van der Waals surface area contributed by atoms with Gasteiger partial charge in [0.25, 0.3) is 0 Å². The van der Waals surface area contributed by atoms with Crippen LogP contribution in [0.15, 0.2) is 63.2 Å². The van der Waals surface area contributed by atoms with E-state index in [-0.39, 0.29) is 16.6 Å². The van der Waals surface area contributed by atoms with Gasteiger partial charge in [-0.3, -0.25) is 4.72 Å². The average molecular weight is 497 g/mol. The second kappa shape index (κ2) is 10.3. The fraction of sp³-hybridized carbons (Fsp3) is 0.227. The van der Waals surface area contributed by atoms with Crippen LogP contribution >= 0.6 is 34.7 Å². The van der Waals surface area contributed by atoms with E-state index in [9.17, 15) is 13.0 Å². The molecular weight excluding hydrogens is 478 g/mol. The Kier molecular flexibility index (Phi) is 7.43. The highest BCUT2D eigenvalue weighted by atomic mass is 35.5. The number of hydrogen-bond acceptors (Lipinski definition) is 4. The van der Waals surface area contributed by atoms with Gasteiger partial charge in [-0.25, -0.2) is 18.0 Å². The summed E-state index contributed by atoms with van der Waals surface area (Å²) < 4.78 is 43.1. The zero-order valence-corrected chi connectivity index (χ0v) is 19.5. The van der Waals surface area contributed by atoms with Crippen LogP contribution in [0.4, 0.5) is 14.6 Å². The maximum Gasteiger partial charge on any atom is 0.154 e. The molecular formula is C22H19ClF2N2OS3. The minimum Gasteiger partial charge on any atom is -0.285 e. The minimum atomic E-state index is -1.80. The summed E-state index contributed by atoms with van der Waals surface area (Å²) in [6.45, 7) is 0. The van der Waals surface area contributed by atoms with Crippen LogP contribution in [0.1, 0.15) is 24.8 Å². The van der Waals surface area contributed by atoms with Crippen molar-refractivity contribution in [1.82, 2.24) is 4.98 Å². The van der Waals surface area contributed by atoms with Crippen molar-refractivity contribution in [1.29, 1.82) is 0 Å². The molecule has 1 aliphatic rings. The van der Waals surface area contributed by atoms with Crippen LogP contribution in [0.5, 0.6) is 0 Å². The highest BCUT2D eigenvalue weighted by Gasteiger charge is 2.21. The second-order valence-corrected chi connectivity index (χ2v) is 10.4. The van der Waals surface area contributed by atoms with E-state index < -0.39 is 16.8 Å². The van der Waals surface area contributed by atoms with Crippen LogP contribution in [0.3, 0.4) is 0 Å². The molecule has 0 amide bonds. The molecule has 4 rings (SSSR count). The first-order valence-corrected chi connectivity index (χ1v) is 13.1.